The molecule has 0 atom stereocenters. The number of benzene rings is 1. The summed E-state index contributed by atoms with van der Waals surface area (Å²) < 4.78 is 28.6. The second kappa shape index (κ2) is 7.08. The fourth-order valence-electron chi connectivity index (χ4n) is 3.52. The first kappa shape index (κ1) is 18.7. The highest BCUT2D eigenvalue weighted by atomic mass is 19.1. The number of rotatable bonds is 4. The number of carboxylic acids is 1. The Kier molecular flexibility index (Phi) is 4.57. The topological polar surface area (TPSA) is 88.3 Å². The van der Waals surface area contributed by atoms with Crippen LogP contribution in [0.3, 0.4) is 0 Å². The number of anilines is 1. The van der Waals surface area contributed by atoms with Crippen LogP contribution in [-0.2, 0) is 17.6 Å². The largest absolute Gasteiger partial charge is 0.481 e. The first-order valence-electron chi connectivity index (χ1n) is 8.86. The molecule has 1 N–H and O–H groups in total. The minimum Gasteiger partial charge on any atom is -0.481 e. The van der Waals surface area contributed by atoms with Gasteiger partial charge in [-0.2, -0.15) is 5.10 Å². The van der Waals surface area contributed by atoms with Gasteiger partial charge in [-0.25, -0.2) is 13.5 Å². The second-order valence-corrected chi connectivity index (χ2v) is 6.78. The number of nitrogens with zero attached hydrogens (tertiary/aromatic N) is 4. The van der Waals surface area contributed by atoms with E-state index in [4.69, 9.17) is 5.11 Å². The van der Waals surface area contributed by atoms with Crippen LogP contribution in [0.25, 0.3) is 5.69 Å². The highest BCUT2D eigenvalue weighted by molar-refractivity contribution is 6.08. The Hall–Kier alpha value is -3.62. The number of aromatic nitrogens is 3. The SMILES string of the molecule is Cc1c2c(nn1-c1cc(F)cc(F)c1)CCN(c1cncc(CC(=O)O)c1)C2=O. The van der Waals surface area contributed by atoms with Gasteiger partial charge in [-0.3, -0.25) is 14.6 Å². The zero-order valence-electron chi connectivity index (χ0n) is 15.4. The summed E-state index contributed by atoms with van der Waals surface area (Å²) in [5, 5.41) is 13.3. The molecule has 3 heterocycles. The summed E-state index contributed by atoms with van der Waals surface area (Å²) in [6, 6.07) is 4.68. The molecular weight excluding hydrogens is 382 g/mol. The second-order valence-electron chi connectivity index (χ2n) is 6.78. The predicted octanol–water partition coefficient (Wildman–Crippen LogP) is 2.68. The maximum absolute atomic E-state index is 13.6. The van der Waals surface area contributed by atoms with E-state index in [1.807, 2.05) is 0 Å². The third-order valence-corrected chi connectivity index (χ3v) is 4.76. The molecule has 1 aliphatic rings. The maximum atomic E-state index is 13.6. The van der Waals surface area contributed by atoms with Gasteiger partial charge in [0.15, 0.2) is 0 Å². The minimum atomic E-state index is -0.990. The number of carbonyl (C=O) groups is 2. The Morgan fingerprint density at radius 1 is 1.14 bits per heavy atom. The lowest BCUT2D eigenvalue weighted by Gasteiger charge is -2.26. The monoisotopic (exact) mass is 398 g/mol. The lowest BCUT2D eigenvalue weighted by molar-refractivity contribution is -0.136. The van der Waals surface area contributed by atoms with Gasteiger partial charge in [-0.15, -0.1) is 0 Å². The molecule has 0 aliphatic carbocycles. The number of pyridine rings is 1. The Balaban J connectivity index is 1.71. The van der Waals surface area contributed by atoms with Crippen LogP contribution in [0.15, 0.2) is 36.7 Å². The van der Waals surface area contributed by atoms with Gasteiger partial charge in [-0.05, 0) is 30.7 Å². The molecule has 0 unspecified atom stereocenters. The Labute approximate surface area is 164 Å². The van der Waals surface area contributed by atoms with Crippen LogP contribution in [0.2, 0.25) is 0 Å². The summed E-state index contributed by atoms with van der Waals surface area (Å²) in [7, 11) is 0. The van der Waals surface area contributed by atoms with Gasteiger partial charge < -0.3 is 10.0 Å². The van der Waals surface area contributed by atoms with Crippen LogP contribution in [0.5, 0.6) is 0 Å². The van der Waals surface area contributed by atoms with E-state index in [0.29, 0.717) is 41.2 Å². The van der Waals surface area contributed by atoms with Crippen LogP contribution in [-0.4, -0.2) is 38.3 Å². The van der Waals surface area contributed by atoms with Gasteiger partial charge in [0.25, 0.3) is 5.91 Å². The fraction of sp³-hybridized carbons (Fsp3) is 0.200. The average molecular weight is 398 g/mol. The predicted molar refractivity (Wildman–Crippen MR) is 99.2 cm³/mol. The van der Waals surface area contributed by atoms with Crippen molar-refractivity contribution in [2.24, 2.45) is 0 Å². The molecule has 9 heteroatoms. The van der Waals surface area contributed by atoms with E-state index in [1.54, 1.807) is 13.0 Å². The van der Waals surface area contributed by atoms with E-state index in [2.05, 4.69) is 10.1 Å². The van der Waals surface area contributed by atoms with Crippen molar-refractivity contribution < 1.29 is 23.5 Å². The van der Waals surface area contributed by atoms with E-state index in [1.165, 1.54) is 22.0 Å². The van der Waals surface area contributed by atoms with Gasteiger partial charge in [0.2, 0.25) is 0 Å². The maximum Gasteiger partial charge on any atom is 0.307 e. The van der Waals surface area contributed by atoms with Crippen molar-refractivity contribution in [1.82, 2.24) is 14.8 Å². The summed E-state index contributed by atoms with van der Waals surface area (Å²) >= 11 is 0. The van der Waals surface area contributed by atoms with Gasteiger partial charge in [0.1, 0.15) is 11.6 Å². The molecule has 0 bridgehead atoms. The van der Waals surface area contributed by atoms with E-state index >= 15 is 0 Å². The van der Waals surface area contributed by atoms with Crippen LogP contribution in [0.4, 0.5) is 14.5 Å². The highest BCUT2D eigenvalue weighted by Gasteiger charge is 2.31. The lowest BCUT2D eigenvalue weighted by Crippen LogP contribution is -2.37. The standard InChI is InChI=1S/C20H16F2N4O3/c1-11-19-17(24-26(11)15-7-13(21)6-14(22)8-15)2-3-25(20(19)29)16-4-12(5-18(27)28)9-23-10-16/h4,6-10H,2-3,5H2,1H3,(H,27,28). The van der Waals surface area contributed by atoms with Crippen molar-refractivity contribution in [2.45, 2.75) is 19.8 Å². The Morgan fingerprint density at radius 2 is 1.86 bits per heavy atom. The molecule has 29 heavy (non-hydrogen) atoms. The molecule has 0 radical (unpaired) electrons. The summed E-state index contributed by atoms with van der Waals surface area (Å²) in [6.07, 6.45) is 3.18. The highest BCUT2D eigenvalue weighted by Crippen LogP contribution is 2.28. The van der Waals surface area contributed by atoms with Gasteiger partial charge in [0.05, 0.1) is 40.9 Å². The molecule has 0 spiro atoms. The Morgan fingerprint density at radius 3 is 2.55 bits per heavy atom. The summed E-state index contributed by atoms with van der Waals surface area (Å²) in [5.74, 6) is -2.78. The van der Waals surface area contributed by atoms with E-state index in [-0.39, 0.29) is 18.0 Å². The number of fused-ring (bicyclic) bond motifs is 1. The molecule has 0 saturated heterocycles. The lowest BCUT2D eigenvalue weighted by atomic mass is 10.0. The molecule has 7 nitrogen and oxygen atoms in total. The number of carboxylic acid groups (broad SMARTS) is 1. The number of hydrogen-bond donors (Lipinski definition) is 1. The third kappa shape index (κ3) is 3.46. The first-order chi connectivity index (χ1) is 13.8. The molecular formula is C20H16F2N4O3. The van der Waals surface area contributed by atoms with E-state index in [0.717, 1.165) is 18.2 Å². The number of halogens is 2. The summed E-state index contributed by atoms with van der Waals surface area (Å²) in [5.41, 5.74) is 2.54. The van der Waals surface area contributed by atoms with Crippen LogP contribution in [0.1, 0.15) is 27.3 Å². The van der Waals surface area contributed by atoms with Crippen LogP contribution >= 0.6 is 0 Å². The molecule has 0 saturated carbocycles. The number of amides is 1. The number of carbonyl (C=O) groups excluding carboxylic acids is 1. The molecule has 1 aromatic carbocycles. The van der Waals surface area contributed by atoms with Crippen LogP contribution < -0.4 is 4.90 Å². The van der Waals surface area contributed by atoms with E-state index in [9.17, 15) is 18.4 Å². The molecule has 2 aromatic heterocycles. The molecule has 4 rings (SSSR count). The van der Waals surface area contributed by atoms with Gasteiger partial charge >= 0.3 is 5.97 Å². The third-order valence-electron chi connectivity index (χ3n) is 4.76. The Bertz CT molecular complexity index is 1120. The zero-order chi connectivity index (χ0) is 20.7. The smallest absolute Gasteiger partial charge is 0.307 e. The number of aliphatic carboxylic acids is 1. The van der Waals surface area contributed by atoms with E-state index < -0.39 is 17.6 Å². The summed E-state index contributed by atoms with van der Waals surface area (Å²) in [6.45, 7) is 1.99. The average Bonchev–Trinajstić information content (AvgIpc) is 2.98. The van der Waals surface area contributed by atoms with Crippen molar-refractivity contribution in [3.8, 4) is 5.69 Å². The van der Waals surface area contributed by atoms with Crippen molar-refractivity contribution in [2.75, 3.05) is 11.4 Å². The van der Waals surface area contributed by atoms with Crippen molar-refractivity contribution in [3.63, 3.8) is 0 Å². The summed E-state index contributed by atoms with van der Waals surface area (Å²) in [4.78, 5) is 29.6. The minimum absolute atomic E-state index is 0.193. The van der Waals surface area contributed by atoms with Crippen LogP contribution in [0, 0.1) is 18.6 Å². The van der Waals surface area contributed by atoms with Crippen molar-refractivity contribution >= 4 is 17.6 Å². The number of hydrogen-bond acceptors (Lipinski definition) is 4. The first-order valence-corrected chi connectivity index (χ1v) is 8.86. The molecule has 148 valence electrons. The normalized spacial score (nSPS) is 13.5. The quantitative estimate of drug-likeness (QED) is 0.730. The van der Waals surface area contributed by atoms with Gasteiger partial charge in [0, 0.05) is 25.2 Å². The zero-order valence-corrected chi connectivity index (χ0v) is 15.4. The van der Waals surface area contributed by atoms with Crippen molar-refractivity contribution in [1.29, 1.82) is 0 Å². The molecule has 1 aliphatic heterocycles. The molecule has 3 aromatic rings. The van der Waals surface area contributed by atoms with Gasteiger partial charge in [-0.1, -0.05) is 0 Å². The molecule has 0 fully saturated rings. The fourth-order valence-corrected chi connectivity index (χ4v) is 3.52. The molecule has 1 amide bonds. The van der Waals surface area contributed by atoms with Crippen molar-refractivity contribution in [3.05, 3.63) is 70.8 Å².